The number of ether oxygens (including phenoxy) is 1. The number of aromatic nitrogens is 2. The maximum atomic E-state index is 13.0. The summed E-state index contributed by atoms with van der Waals surface area (Å²) in [5.41, 5.74) is 7.08. The van der Waals surface area contributed by atoms with E-state index in [1.54, 1.807) is 18.2 Å². The normalized spacial score (nSPS) is 16.5. The van der Waals surface area contributed by atoms with E-state index < -0.39 is 15.9 Å². The van der Waals surface area contributed by atoms with E-state index in [4.69, 9.17) is 10.5 Å². The number of methoxy groups -OCH3 is 1. The summed E-state index contributed by atoms with van der Waals surface area (Å²) in [7, 11) is -2.17. The van der Waals surface area contributed by atoms with E-state index in [0.717, 1.165) is 11.3 Å². The van der Waals surface area contributed by atoms with Gasteiger partial charge in [0.1, 0.15) is 16.3 Å². The molecule has 3 rings (SSSR count). The molecule has 1 aliphatic rings. The van der Waals surface area contributed by atoms with Crippen molar-refractivity contribution in [2.24, 2.45) is 5.73 Å². The number of H-pyrrole nitrogens is 1. The summed E-state index contributed by atoms with van der Waals surface area (Å²) in [6, 6.07) is 6.76. The molecule has 1 amide bonds. The third-order valence-electron chi connectivity index (χ3n) is 4.68. The van der Waals surface area contributed by atoms with Gasteiger partial charge in [-0.2, -0.15) is 9.40 Å². The number of nitrogens with one attached hydrogen (secondary N) is 1. The van der Waals surface area contributed by atoms with Crippen LogP contribution in [-0.2, 0) is 10.0 Å². The van der Waals surface area contributed by atoms with E-state index in [2.05, 4.69) is 10.2 Å². The first-order valence-electron chi connectivity index (χ1n) is 8.33. The second kappa shape index (κ2) is 7.08. The Balaban J connectivity index is 1.76. The van der Waals surface area contributed by atoms with Crippen LogP contribution in [0.15, 0.2) is 29.2 Å². The minimum atomic E-state index is -3.63. The number of carbonyl (C=O) groups excluding carboxylic acids is 1. The van der Waals surface area contributed by atoms with Gasteiger partial charge in [-0.1, -0.05) is 6.07 Å². The molecule has 0 aliphatic carbocycles. The molecule has 1 aromatic heterocycles. The van der Waals surface area contributed by atoms with Gasteiger partial charge >= 0.3 is 0 Å². The summed E-state index contributed by atoms with van der Waals surface area (Å²) in [5.74, 6) is -0.127. The Morgan fingerprint density at radius 2 is 2.00 bits per heavy atom. The van der Waals surface area contributed by atoms with Crippen LogP contribution in [-0.4, -0.2) is 49.0 Å². The summed E-state index contributed by atoms with van der Waals surface area (Å²) in [6.07, 6.45) is 1.27. The average molecular weight is 378 g/mol. The number of amides is 1. The molecule has 1 aliphatic heterocycles. The highest BCUT2D eigenvalue weighted by molar-refractivity contribution is 7.89. The summed E-state index contributed by atoms with van der Waals surface area (Å²) in [6.45, 7) is 2.61. The number of hydrogen-bond acceptors (Lipinski definition) is 5. The first kappa shape index (κ1) is 18.4. The molecule has 1 aromatic carbocycles. The minimum Gasteiger partial charge on any atom is -0.495 e. The maximum Gasteiger partial charge on any atom is 0.269 e. The van der Waals surface area contributed by atoms with Crippen LogP contribution >= 0.6 is 0 Å². The fourth-order valence-corrected chi connectivity index (χ4v) is 4.91. The highest BCUT2D eigenvalue weighted by Crippen LogP contribution is 2.33. The van der Waals surface area contributed by atoms with Crippen LogP contribution in [0.1, 0.15) is 40.5 Å². The Morgan fingerprint density at radius 1 is 1.31 bits per heavy atom. The minimum absolute atomic E-state index is 0.112. The number of aryl methyl sites for hydroxylation is 1. The fraction of sp³-hybridized carbons (Fsp3) is 0.412. The summed E-state index contributed by atoms with van der Waals surface area (Å²) in [5, 5.41) is 6.72. The van der Waals surface area contributed by atoms with Crippen LogP contribution in [0.5, 0.6) is 5.75 Å². The van der Waals surface area contributed by atoms with Gasteiger partial charge in [0, 0.05) is 24.7 Å². The number of benzene rings is 1. The summed E-state index contributed by atoms with van der Waals surface area (Å²) < 4.78 is 32.7. The van der Waals surface area contributed by atoms with Crippen molar-refractivity contribution >= 4 is 15.9 Å². The molecule has 0 unspecified atom stereocenters. The van der Waals surface area contributed by atoms with Gasteiger partial charge in [-0.15, -0.1) is 0 Å². The number of primary amides is 1. The SMILES string of the molecule is COc1ccc(C)cc1S(=O)(=O)N1CCC(c2cc(C(N)=O)n[nH]2)CC1. The molecule has 3 N–H and O–H groups in total. The van der Waals surface area contributed by atoms with Crippen molar-refractivity contribution in [1.82, 2.24) is 14.5 Å². The lowest BCUT2D eigenvalue weighted by Crippen LogP contribution is -2.38. The zero-order chi connectivity index (χ0) is 18.9. The van der Waals surface area contributed by atoms with Crippen molar-refractivity contribution in [3.8, 4) is 5.75 Å². The smallest absolute Gasteiger partial charge is 0.269 e. The Bertz CT molecular complexity index is 915. The number of carbonyl (C=O) groups is 1. The lowest BCUT2D eigenvalue weighted by atomic mass is 9.94. The molecule has 2 heterocycles. The van der Waals surface area contributed by atoms with Crippen molar-refractivity contribution < 1.29 is 17.9 Å². The third-order valence-corrected chi connectivity index (χ3v) is 6.60. The first-order valence-corrected chi connectivity index (χ1v) is 9.77. The number of hydrogen-bond donors (Lipinski definition) is 2. The molecule has 2 aromatic rings. The lowest BCUT2D eigenvalue weighted by molar-refractivity contribution is 0.0995. The predicted octanol–water partition coefficient (Wildman–Crippen LogP) is 1.39. The molecule has 1 saturated heterocycles. The van der Waals surface area contributed by atoms with Gasteiger partial charge in [0.05, 0.1) is 7.11 Å². The van der Waals surface area contributed by atoms with Crippen molar-refractivity contribution in [2.45, 2.75) is 30.6 Å². The van der Waals surface area contributed by atoms with Crippen LogP contribution < -0.4 is 10.5 Å². The maximum absolute atomic E-state index is 13.0. The number of nitrogens with zero attached hydrogens (tertiary/aromatic N) is 2. The topological polar surface area (TPSA) is 118 Å². The molecular formula is C17H22N4O4S. The molecule has 0 bridgehead atoms. The van der Waals surface area contributed by atoms with Crippen LogP contribution in [0.25, 0.3) is 0 Å². The van der Waals surface area contributed by atoms with E-state index in [1.807, 2.05) is 13.0 Å². The van der Waals surface area contributed by atoms with Crippen LogP contribution in [0.2, 0.25) is 0 Å². The van der Waals surface area contributed by atoms with Gasteiger partial charge in [-0.3, -0.25) is 9.89 Å². The standard InChI is InChI=1S/C17H22N4O4S/c1-11-3-4-15(25-2)16(9-11)26(23,24)21-7-5-12(6-8-21)13-10-14(17(18)22)20-19-13/h3-4,9-10,12H,5-8H2,1-2H3,(H2,18,22)(H,19,20). The zero-order valence-corrected chi connectivity index (χ0v) is 15.5. The van der Waals surface area contributed by atoms with E-state index in [-0.39, 0.29) is 16.5 Å². The molecule has 8 nitrogen and oxygen atoms in total. The molecular weight excluding hydrogens is 356 g/mol. The third kappa shape index (κ3) is 3.45. The average Bonchev–Trinajstić information content (AvgIpc) is 3.12. The van der Waals surface area contributed by atoms with E-state index in [9.17, 15) is 13.2 Å². The van der Waals surface area contributed by atoms with Crippen molar-refractivity contribution in [1.29, 1.82) is 0 Å². The monoisotopic (exact) mass is 378 g/mol. The second-order valence-electron chi connectivity index (χ2n) is 6.41. The number of aromatic amines is 1. The first-order chi connectivity index (χ1) is 12.3. The molecule has 0 atom stereocenters. The molecule has 26 heavy (non-hydrogen) atoms. The van der Waals surface area contributed by atoms with Crippen LogP contribution in [0, 0.1) is 6.92 Å². The molecule has 0 saturated carbocycles. The Kier molecular flexibility index (Phi) is 5.01. The van der Waals surface area contributed by atoms with Gasteiger partial charge in [0.2, 0.25) is 10.0 Å². The lowest BCUT2D eigenvalue weighted by Gasteiger charge is -2.31. The van der Waals surface area contributed by atoms with Gasteiger partial charge in [0.25, 0.3) is 5.91 Å². The van der Waals surface area contributed by atoms with Crippen molar-refractivity contribution in [3.63, 3.8) is 0 Å². The van der Waals surface area contributed by atoms with E-state index in [1.165, 1.54) is 11.4 Å². The number of piperidine rings is 1. The Morgan fingerprint density at radius 3 is 2.58 bits per heavy atom. The Hall–Kier alpha value is -2.39. The highest BCUT2D eigenvalue weighted by Gasteiger charge is 2.32. The predicted molar refractivity (Wildman–Crippen MR) is 95.6 cm³/mol. The van der Waals surface area contributed by atoms with Crippen molar-refractivity contribution in [2.75, 3.05) is 20.2 Å². The summed E-state index contributed by atoms with van der Waals surface area (Å²) in [4.78, 5) is 11.4. The number of sulfonamides is 1. The van der Waals surface area contributed by atoms with Crippen LogP contribution in [0.3, 0.4) is 0 Å². The van der Waals surface area contributed by atoms with Crippen LogP contribution in [0.4, 0.5) is 0 Å². The van der Waals surface area contributed by atoms with Gasteiger partial charge < -0.3 is 10.5 Å². The zero-order valence-electron chi connectivity index (χ0n) is 14.7. The molecule has 9 heteroatoms. The highest BCUT2D eigenvalue weighted by atomic mass is 32.2. The van der Waals surface area contributed by atoms with E-state index >= 15 is 0 Å². The van der Waals surface area contributed by atoms with Gasteiger partial charge in [-0.25, -0.2) is 8.42 Å². The Labute approximate surface area is 152 Å². The van der Waals surface area contributed by atoms with Crippen molar-refractivity contribution in [3.05, 3.63) is 41.2 Å². The van der Waals surface area contributed by atoms with Gasteiger partial charge in [0.15, 0.2) is 0 Å². The molecule has 0 spiro atoms. The quantitative estimate of drug-likeness (QED) is 0.815. The molecule has 0 radical (unpaired) electrons. The molecule has 140 valence electrons. The summed E-state index contributed by atoms with van der Waals surface area (Å²) >= 11 is 0. The largest absolute Gasteiger partial charge is 0.495 e. The second-order valence-corrected chi connectivity index (χ2v) is 8.31. The van der Waals surface area contributed by atoms with Gasteiger partial charge in [-0.05, 0) is 43.5 Å². The fourth-order valence-electron chi connectivity index (χ4n) is 3.20. The number of rotatable bonds is 5. The molecule has 1 fully saturated rings. The number of nitrogens with two attached hydrogens (primary N) is 1. The van der Waals surface area contributed by atoms with E-state index in [0.29, 0.717) is 31.7 Å².